The van der Waals surface area contributed by atoms with Crippen molar-refractivity contribution >= 4 is 39.0 Å². The first-order chi connectivity index (χ1) is 13.6. The van der Waals surface area contributed by atoms with Gasteiger partial charge in [-0.15, -0.1) is 0 Å². The molecule has 1 heterocycles. The average Bonchev–Trinajstić information content (AvgIpc) is 2.81. The van der Waals surface area contributed by atoms with Crippen LogP contribution in [0, 0.1) is 16.7 Å². The largest absolute Gasteiger partial charge is 0.417 e. The Bertz CT molecular complexity index is 1010. The zero-order chi connectivity index (χ0) is 23.1. The number of alkyl halides is 3. The van der Waals surface area contributed by atoms with Gasteiger partial charge in [-0.05, 0) is 42.8 Å². The van der Waals surface area contributed by atoms with Crippen LogP contribution in [-0.4, -0.2) is 42.9 Å². The lowest BCUT2D eigenvalue weighted by Crippen LogP contribution is -2.39. The van der Waals surface area contributed by atoms with Gasteiger partial charge in [0.25, 0.3) is 16.0 Å². The maximum Gasteiger partial charge on any atom is 0.417 e. The molecule has 1 aliphatic heterocycles. The second kappa shape index (κ2) is 8.13. The van der Waals surface area contributed by atoms with Crippen LogP contribution in [0.1, 0.15) is 38.8 Å². The van der Waals surface area contributed by atoms with Gasteiger partial charge in [0.1, 0.15) is 11.9 Å². The Kier molecular flexibility index (Phi) is 6.51. The highest BCUT2D eigenvalue weighted by Gasteiger charge is 2.43. The van der Waals surface area contributed by atoms with E-state index in [0.717, 1.165) is 21.9 Å². The van der Waals surface area contributed by atoms with Crippen molar-refractivity contribution in [1.82, 2.24) is 4.90 Å². The molecule has 1 unspecified atom stereocenters. The van der Waals surface area contributed by atoms with Gasteiger partial charge in [-0.1, -0.05) is 20.8 Å². The van der Waals surface area contributed by atoms with Crippen molar-refractivity contribution in [3.05, 3.63) is 29.3 Å². The number of thiocarbonyl (C=S) groups is 1. The van der Waals surface area contributed by atoms with Gasteiger partial charge >= 0.3 is 6.18 Å². The summed E-state index contributed by atoms with van der Waals surface area (Å²) in [5.74, 6) is -1.42. The molecule has 1 fully saturated rings. The number of carbonyl (C=O) groups excluding carboxylic acids is 1. The van der Waals surface area contributed by atoms with E-state index in [1.807, 2.05) is 0 Å². The minimum atomic E-state index is -4.82. The van der Waals surface area contributed by atoms with E-state index in [1.165, 1.54) is 13.0 Å². The minimum Gasteiger partial charge on any atom is -0.320 e. The summed E-state index contributed by atoms with van der Waals surface area (Å²) >= 11 is 5.19. The summed E-state index contributed by atoms with van der Waals surface area (Å²) in [5, 5.41) is 8.65. The summed E-state index contributed by atoms with van der Waals surface area (Å²) in [6.07, 6.45) is -4.82. The summed E-state index contributed by atoms with van der Waals surface area (Å²) in [6, 6.07) is 3.15. The molecule has 12 heteroatoms. The highest BCUT2D eigenvalue weighted by molar-refractivity contribution is 7.86. The number of hydrogen-bond acceptors (Lipinski definition) is 6. The van der Waals surface area contributed by atoms with Crippen LogP contribution in [0.25, 0.3) is 0 Å². The van der Waals surface area contributed by atoms with Gasteiger partial charge in [0, 0.05) is 0 Å². The molecule has 0 spiro atoms. The third-order valence-electron chi connectivity index (χ3n) is 4.14. The number of nitrogens with zero attached hydrogens (tertiary/aromatic N) is 3. The van der Waals surface area contributed by atoms with E-state index in [0.29, 0.717) is 6.07 Å². The number of hydrogen-bond donors (Lipinski definition) is 0. The van der Waals surface area contributed by atoms with Crippen LogP contribution in [0.15, 0.2) is 18.2 Å². The number of halogens is 3. The number of nitriles is 1. The van der Waals surface area contributed by atoms with Crippen LogP contribution in [0.3, 0.4) is 0 Å². The van der Waals surface area contributed by atoms with Gasteiger partial charge in [0.15, 0.2) is 5.11 Å². The molecule has 164 valence electrons. The third-order valence-corrected chi connectivity index (χ3v) is 5.63. The van der Waals surface area contributed by atoms with E-state index in [1.54, 1.807) is 20.8 Å². The number of amides is 1. The Morgan fingerprint density at radius 1 is 1.27 bits per heavy atom. The zero-order valence-electron chi connectivity index (χ0n) is 16.6. The van der Waals surface area contributed by atoms with E-state index < -0.39 is 50.7 Å². The summed E-state index contributed by atoms with van der Waals surface area (Å²) in [6.45, 7) is 6.63. The number of rotatable bonds is 5. The molecule has 0 saturated carbocycles. The molecule has 1 aromatic rings. The number of benzene rings is 1. The average molecular weight is 464 g/mol. The van der Waals surface area contributed by atoms with E-state index in [2.05, 4.69) is 0 Å². The number of anilines is 1. The summed E-state index contributed by atoms with van der Waals surface area (Å²) in [5.41, 5.74) is -2.46. The normalized spacial score (nSPS) is 18.1. The minimum absolute atomic E-state index is 0.0907. The zero-order valence-corrected chi connectivity index (χ0v) is 18.3. The lowest BCUT2D eigenvalue weighted by Gasteiger charge is -2.23. The topological polar surface area (TPSA) is 90.7 Å². The van der Waals surface area contributed by atoms with Crippen LogP contribution in [0.5, 0.6) is 0 Å². The van der Waals surface area contributed by atoms with Gasteiger partial charge in [0.05, 0.1) is 29.5 Å². The van der Waals surface area contributed by atoms with E-state index in [9.17, 15) is 26.4 Å². The van der Waals surface area contributed by atoms with Gasteiger partial charge in [0.2, 0.25) is 0 Å². The van der Waals surface area contributed by atoms with Crippen molar-refractivity contribution < 1.29 is 30.6 Å². The first-order valence-corrected chi connectivity index (χ1v) is 10.7. The van der Waals surface area contributed by atoms with Crippen molar-refractivity contribution in [2.45, 2.75) is 39.9 Å². The molecule has 1 atom stereocenters. The maximum atomic E-state index is 13.3. The molecule has 1 amide bonds. The van der Waals surface area contributed by atoms with Crippen LogP contribution in [0.2, 0.25) is 0 Å². The van der Waals surface area contributed by atoms with Gasteiger partial charge in [-0.2, -0.15) is 26.9 Å². The molecule has 0 N–H and O–H groups in total. The highest BCUT2D eigenvalue weighted by atomic mass is 32.2. The molecule has 0 bridgehead atoms. The molecule has 0 aromatic heterocycles. The SMILES string of the molecule is CC1C(=O)N(c2ccc(C#N)c(C(F)(F)F)c2)C(=S)N1CS(=O)(=O)OCC(C)(C)C. The predicted molar refractivity (Wildman–Crippen MR) is 107 cm³/mol. The summed E-state index contributed by atoms with van der Waals surface area (Å²) in [7, 11) is -4.10. The smallest absolute Gasteiger partial charge is 0.320 e. The van der Waals surface area contributed by atoms with Crippen LogP contribution < -0.4 is 4.90 Å². The predicted octanol–water partition coefficient (Wildman–Crippen LogP) is 3.25. The molecule has 2 rings (SSSR count). The van der Waals surface area contributed by atoms with Crippen molar-refractivity contribution in [2.24, 2.45) is 5.41 Å². The summed E-state index contributed by atoms with van der Waals surface area (Å²) < 4.78 is 69.4. The van der Waals surface area contributed by atoms with Crippen molar-refractivity contribution in [3.8, 4) is 6.07 Å². The third kappa shape index (κ3) is 5.27. The number of carbonyl (C=O) groups is 1. The molecule has 0 aliphatic carbocycles. The van der Waals surface area contributed by atoms with E-state index in [4.69, 9.17) is 21.7 Å². The Hall–Kier alpha value is -2.23. The van der Waals surface area contributed by atoms with Gasteiger partial charge in [-0.3, -0.25) is 13.9 Å². The Balaban J connectivity index is 2.35. The monoisotopic (exact) mass is 463 g/mol. The van der Waals surface area contributed by atoms with Gasteiger partial charge in [-0.25, -0.2) is 0 Å². The fraction of sp³-hybridized carbons (Fsp3) is 0.500. The van der Waals surface area contributed by atoms with Crippen LogP contribution in [0.4, 0.5) is 18.9 Å². The quantitative estimate of drug-likeness (QED) is 0.489. The van der Waals surface area contributed by atoms with Crippen LogP contribution in [-0.2, 0) is 25.3 Å². The molecule has 30 heavy (non-hydrogen) atoms. The lowest BCUT2D eigenvalue weighted by molar-refractivity contribution is -0.137. The molecule has 1 aliphatic rings. The fourth-order valence-corrected chi connectivity index (χ4v) is 4.38. The maximum absolute atomic E-state index is 13.3. The second-order valence-corrected chi connectivity index (χ2v) is 9.93. The summed E-state index contributed by atoms with van der Waals surface area (Å²) in [4.78, 5) is 14.6. The second-order valence-electron chi connectivity index (χ2n) is 7.95. The first-order valence-electron chi connectivity index (χ1n) is 8.70. The molecule has 7 nitrogen and oxygen atoms in total. The Morgan fingerprint density at radius 3 is 2.37 bits per heavy atom. The lowest BCUT2D eigenvalue weighted by atomic mass is 9.99. The highest BCUT2D eigenvalue weighted by Crippen LogP contribution is 2.36. The molecule has 1 aromatic carbocycles. The van der Waals surface area contributed by atoms with Crippen molar-refractivity contribution in [1.29, 1.82) is 5.26 Å². The van der Waals surface area contributed by atoms with E-state index >= 15 is 0 Å². The Labute approximate surface area is 178 Å². The molecule has 1 saturated heterocycles. The fourth-order valence-electron chi connectivity index (χ4n) is 2.59. The Morgan fingerprint density at radius 2 is 1.87 bits per heavy atom. The molecular formula is C18H20F3N3O4S2. The van der Waals surface area contributed by atoms with Crippen molar-refractivity contribution in [3.63, 3.8) is 0 Å². The van der Waals surface area contributed by atoms with Gasteiger partial charge < -0.3 is 4.90 Å². The van der Waals surface area contributed by atoms with Crippen LogP contribution >= 0.6 is 12.2 Å². The molecular weight excluding hydrogens is 443 g/mol. The standard InChI is InChI=1S/C18H20F3N3O4S2/c1-11-15(25)24(13-6-5-12(8-22)14(7-13)18(19,20)21)16(29)23(11)10-30(26,27)28-9-17(2,3)4/h5-7,11H,9-10H2,1-4H3. The van der Waals surface area contributed by atoms with Crippen molar-refractivity contribution in [2.75, 3.05) is 17.4 Å². The molecule has 0 radical (unpaired) electrons. The first kappa shape index (κ1) is 24.0. The van der Waals surface area contributed by atoms with E-state index in [-0.39, 0.29) is 17.4 Å².